The molecule has 2 rings (SSSR count). The summed E-state index contributed by atoms with van der Waals surface area (Å²) in [6.45, 7) is 3.41. The second kappa shape index (κ2) is 6.66. The van der Waals surface area contributed by atoms with E-state index in [2.05, 4.69) is 27.2 Å². The van der Waals surface area contributed by atoms with Gasteiger partial charge in [0.05, 0.1) is 0 Å². The predicted molar refractivity (Wildman–Crippen MR) is 68.1 cm³/mol. The Hall–Kier alpha value is -0.870. The zero-order valence-electron chi connectivity index (χ0n) is 9.59. The first-order chi connectivity index (χ1) is 7.36. The van der Waals surface area contributed by atoms with Gasteiger partial charge in [-0.15, -0.1) is 12.4 Å². The lowest BCUT2D eigenvalue weighted by Crippen LogP contribution is -2.34. The number of nitrogens with one attached hydrogen (secondary N) is 1. The highest BCUT2D eigenvalue weighted by atomic mass is 35.5. The molecule has 4 nitrogen and oxygen atoms in total. The Labute approximate surface area is 103 Å². The van der Waals surface area contributed by atoms with Crippen LogP contribution in [0, 0.1) is 5.92 Å². The second-order valence-electron chi connectivity index (χ2n) is 4.14. The van der Waals surface area contributed by atoms with Crippen molar-refractivity contribution in [2.24, 2.45) is 5.92 Å². The minimum absolute atomic E-state index is 0. The molecule has 16 heavy (non-hydrogen) atoms. The zero-order valence-corrected chi connectivity index (χ0v) is 10.4. The van der Waals surface area contributed by atoms with Crippen LogP contribution in [0.2, 0.25) is 0 Å². The molecule has 1 fully saturated rings. The normalized spacial score (nSPS) is 16.6. The van der Waals surface area contributed by atoms with Crippen LogP contribution < -0.4 is 10.2 Å². The average Bonchev–Trinajstić information content (AvgIpc) is 2.31. The van der Waals surface area contributed by atoms with E-state index in [0.29, 0.717) is 0 Å². The van der Waals surface area contributed by atoms with Gasteiger partial charge in [-0.2, -0.15) is 0 Å². The number of aromatic nitrogens is 2. The van der Waals surface area contributed by atoms with E-state index in [4.69, 9.17) is 0 Å². The fraction of sp³-hybridized carbons (Fsp3) is 0.636. The van der Waals surface area contributed by atoms with Gasteiger partial charge in [0, 0.05) is 19.8 Å². The Morgan fingerprint density at radius 3 is 2.81 bits per heavy atom. The Balaban J connectivity index is 0.00000128. The van der Waals surface area contributed by atoms with Crippen molar-refractivity contribution < 1.29 is 0 Å². The highest BCUT2D eigenvalue weighted by molar-refractivity contribution is 5.85. The molecule has 0 atom stereocenters. The molecule has 1 aliphatic rings. The van der Waals surface area contributed by atoms with Crippen LogP contribution in [0.5, 0.6) is 0 Å². The monoisotopic (exact) mass is 242 g/mol. The van der Waals surface area contributed by atoms with E-state index >= 15 is 0 Å². The Morgan fingerprint density at radius 1 is 1.44 bits per heavy atom. The minimum Gasteiger partial charge on any atom is -0.359 e. The fourth-order valence-electron chi connectivity index (χ4n) is 2.05. The van der Waals surface area contributed by atoms with E-state index in [9.17, 15) is 0 Å². The van der Waals surface area contributed by atoms with E-state index in [-0.39, 0.29) is 12.4 Å². The van der Waals surface area contributed by atoms with Gasteiger partial charge in [-0.25, -0.2) is 9.97 Å². The van der Waals surface area contributed by atoms with Crippen LogP contribution in [0.15, 0.2) is 18.6 Å². The molecule has 0 bridgehead atoms. The largest absolute Gasteiger partial charge is 0.359 e. The number of nitrogens with zero attached hydrogens (tertiary/aromatic N) is 3. The summed E-state index contributed by atoms with van der Waals surface area (Å²) in [6, 6.07) is 1.96. The quantitative estimate of drug-likeness (QED) is 0.869. The van der Waals surface area contributed by atoms with Crippen molar-refractivity contribution in [1.82, 2.24) is 15.3 Å². The average molecular weight is 243 g/mol. The van der Waals surface area contributed by atoms with Crippen LogP contribution >= 0.6 is 12.4 Å². The van der Waals surface area contributed by atoms with Gasteiger partial charge in [-0.05, 0) is 37.9 Å². The molecule has 5 heteroatoms. The van der Waals surface area contributed by atoms with Gasteiger partial charge >= 0.3 is 0 Å². The van der Waals surface area contributed by atoms with Gasteiger partial charge in [0.2, 0.25) is 0 Å². The summed E-state index contributed by atoms with van der Waals surface area (Å²) in [5, 5.41) is 3.38. The van der Waals surface area contributed by atoms with Crippen LogP contribution in [0.3, 0.4) is 0 Å². The van der Waals surface area contributed by atoms with Crippen molar-refractivity contribution in [1.29, 1.82) is 0 Å². The summed E-state index contributed by atoms with van der Waals surface area (Å²) in [5.41, 5.74) is 0. The molecule has 0 radical (unpaired) electrons. The smallest absolute Gasteiger partial charge is 0.131 e. The number of halogens is 1. The van der Waals surface area contributed by atoms with Gasteiger partial charge in [0.1, 0.15) is 12.1 Å². The maximum atomic E-state index is 4.24. The maximum absolute atomic E-state index is 4.24. The molecule has 90 valence electrons. The third-order valence-electron chi connectivity index (χ3n) is 2.95. The van der Waals surface area contributed by atoms with Gasteiger partial charge in [-0.1, -0.05) is 0 Å². The number of rotatable bonds is 3. The molecule has 0 aliphatic carbocycles. The lowest BCUT2D eigenvalue weighted by atomic mass is 9.98. The topological polar surface area (TPSA) is 41.0 Å². The van der Waals surface area contributed by atoms with Crippen LogP contribution in [0.4, 0.5) is 5.82 Å². The summed E-state index contributed by atoms with van der Waals surface area (Å²) < 4.78 is 0. The molecule has 2 heterocycles. The van der Waals surface area contributed by atoms with Gasteiger partial charge in [-0.3, -0.25) is 0 Å². The fourth-order valence-corrected chi connectivity index (χ4v) is 2.05. The van der Waals surface area contributed by atoms with Crippen molar-refractivity contribution in [2.75, 3.05) is 31.6 Å². The van der Waals surface area contributed by atoms with E-state index in [1.54, 1.807) is 12.5 Å². The third kappa shape index (κ3) is 3.61. The standard InChI is InChI=1S/C11H18N4.ClH/c1-15(11-4-7-13-9-14-11)8-10-2-5-12-6-3-10;/h4,7,9-10,12H,2-3,5-6,8H2,1H3;1H. The number of anilines is 1. The summed E-state index contributed by atoms with van der Waals surface area (Å²) in [5.74, 6) is 1.81. The number of hydrogen-bond acceptors (Lipinski definition) is 4. The predicted octanol–water partition coefficient (Wildman–Crippen LogP) is 1.33. The summed E-state index contributed by atoms with van der Waals surface area (Å²) in [4.78, 5) is 10.4. The first-order valence-corrected chi connectivity index (χ1v) is 5.54. The molecule has 1 aromatic heterocycles. The highest BCUT2D eigenvalue weighted by Crippen LogP contribution is 2.15. The van der Waals surface area contributed by atoms with Gasteiger partial charge in [0.15, 0.2) is 0 Å². The molecule has 1 aromatic rings. The van der Waals surface area contributed by atoms with Crippen LogP contribution in [0.25, 0.3) is 0 Å². The molecule has 0 amide bonds. The van der Waals surface area contributed by atoms with Crippen LogP contribution in [-0.2, 0) is 0 Å². The van der Waals surface area contributed by atoms with E-state index in [0.717, 1.165) is 31.4 Å². The summed E-state index contributed by atoms with van der Waals surface area (Å²) in [7, 11) is 2.10. The lowest BCUT2D eigenvalue weighted by Gasteiger charge is -2.27. The molecular formula is C11H19ClN4. The van der Waals surface area contributed by atoms with Crippen molar-refractivity contribution in [3.63, 3.8) is 0 Å². The van der Waals surface area contributed by atoms with Crippen molar-refractivity contribution in [2.45, 2.75) is 12.8 Å². The van der Waals surface area contributed by atoms with Crippen LogP contribution in [0.1, 0.15) is 12.8 Å². The number of piperidine rings is 1. The maximum Gasteiger partial charge on any atom is 0.131 e. The molecule has 1 aliphatic heterocycles. The Bertz CT molecular complexity index is 287. The van der Waals surface area contributed by atoms with E-state index in [1.165, 1.54) is 12.8 Å². The minimum atomic E-state index is 0. The van der Waals surface area contributed by atoms with Gasteiger partial charge < -0.3 is 10.2 Å². The highest BCUT2D eigenvalue weighted by Gasteiger charge is 2.15. The summed E-state index contributed by atoms with van der Waals surface area (Å²) >= 11 is 0. The molecule has 1 saturated heterocycles. The van der Waals surface area contributed by atoms with Crippen LogP contribution in [-0.4, -0.2) is 36.6 Å². The molecule has 0 aromatic carbocycles. The van der Waals surface area contributed by atoms with Gasteiger partial charge in [0.25, 0.3) is 0 Å². The third-order valence-corrected chi connectivity index (χ3v) is 2.95. The molecule has 1 N–H and O–H groups in total. The zero-order chi connectivity index (χ0) is 10.5. The van der Waals surface area contributed by atoms with Crippen molar-refractivity contribution in [3.05, 3.63) is 18.6 Å². The number of hydrogen-bond donors (Lipinski definition) is 1. The Kier molecular flexibility index (Phi) is 5.49. The van der Waals surface area contributed by atoms with Crippen molar-refractivity contribution in [3.8, 4) is 0 Å². The lowest BCUT2D eigenvalue weighted by molar-refractivity contribution is 0.377. The molecule has 0 spiro atoms. The molecule has 0 unspecified atom stereocenters. The molecule has 0 saturated carbocycles. The van der Waals surface area contributed by atoms with E-state index in [1.807, 2.05) is 6.07 Å². The SMILES string of the molecule is CN(CC1CCNCC1)c1ccncn1.Cl. The van der Waals surface area contributed by atoms with E-state index < -0.39 is 0 Å². The first kappa shape index (κ1) is 13.2. The second-order valence-corrected chi connectivity index (χ2v) is 4.14. The molecular weight excluding hydrogens is 224 g/mol. The Morgan fingerprint density at radius 2 is 2.19 bits per heavy atom. The summed E-state index contributed by atoms with van der Waals surface area (Å²) in [6.07, 6.45) is 5.94. The first-order valence-electron chi connectivity index (χ1n) is 5.54. The van der Waals surface area contributed by atoms with Crippen molar-refractivity contribution >= 4 is 18.2 Å².